The molecule has 104 valence electrons. The molecule has 1 atom stereocenters. The summed E-state index contributed by atoms with van der Waals surface area (Å²) in [5, 5.41) is 9.29. The first-order chi connectivity index (χ1) is 9.19. The lowest BCUT2D eigenvalue weighted by Gasteiger charge is -2.23. The highest BCUT2D eigenvalue weighted by molar-refractivity contribution is 5.95. The quantitative estimate of drug-likeness (QED) is 0.891. The Labute approximate surface area is 112 Å². The van der Waals surface area contributed by atoms with Crippen molar-refractivity contribution < 1.29 is 19.4 Å². The predicted molar refractivity (Wildman–Crippen MR) is 70.7 cm³/mol. The van der Waals surface area contributed by atoms with Gasteiger partial charge in [0.15, 0.2) is 0 Å². The molecular weight excluding hydrogens is 246 g/mol. The Balaban J connectivity index is 2.27. The number of hydrogen-bond donors (Lipinski definition) is 1. The zero-order chi connectivity index (χ0) is 13.8. The summed E-state index contributed by atoms with van der Waals surface area (Å²) in [6.45, 7) is 0.691. The molecule has 0 aliphatic carbocycles. The Morgan fingerprint density at radius 3 is 2.47 bits per heavy atom. The fourth-order valence-corrected chi connectivity index (χ4v) is 2.39. The Kier molecular flexibility index (Phi) is 4.27. The summed E-state index contributed by atoms with van der Waals surface area (Å²) >= 11 is 0. The van der Waals surface area contributed by atoms with E-state index in [0.29, 0.717) is 23.6 Å². The third-order valence-corrected chi connectivity index (χ3v) is 3.45. The van der Waals surface area contributed by atoms with Crippen LogP contribution in [0.2, 0.25) is 0 Å². The molecule has 2 rings (SSSR count). The van der Waals surface area contributed by atoms with Crippen LogP contribution in [0.5, 0.6) is 11.5 Å². The minimum absolute atomic E-state index is 0.00679. The second kappa shape index (κ2) is 5.93. The van der Waals surface area contributed by atoms with Crippen LogP contribution in [-0.4, -0.2) is 49.3 Å². The van der Waals surface area contributed by atoms with Crippen LogP contribution in [0.15, 0.2) is 18.2 Å². The average Bonchev–Trinajstić information content (AvgIpc) is 2.94. The molecule has 5 nitrogen and oxygen atoms in total. The molecule has 0 radical (unpaired) electrons. The number of methoxy groups -OCH3 is 2. The molecule has 1 aliphatic rings. The van der Waals surface area contributed by atoms with Gasteiger partial charge in [-0.1, -0.05) is 0 Å². The lowest BCUT2D eigenvalue weighted by atomic mass is 10.1. The van der Waals surface area contributed by atoms with Crippen LogP contribution in [0.25, 0.3) is 0 Å². The fraction of sp³-hybridized carbons (Fsp3) is 0.500. The highest BCUT2D eigenvalue weighted by atomic mass is 16.5. The standard InChI is InChI=1S/C14H19NO4/c1-18-12-6-10(7-13(8-12)19-2)14(17)15-5-3-4-11(15)9-16/h6-8,11,16H,3-5,9H2,1-2H3/t11-/m1/s1. The lowest BCUT2D eigenvalue weighted by Crippen LogP contribution is -2.37. The Morgan fingerprint density at radius 2 is 1.95 bits per heavy atom. The number of amides is 1. The number of ether oxygens (including phenoxy) is 2. The molecule has 1 N–H and O–H groups in total. The minimum Gasteiger partial charge on any atom is -0.497 e. The van der Waals surface area contributed by atoms with E-state index in [4.69, 9.17) is 9.47 Å². The van der Waals surface area contributed by atoms with Gasteiger partial charge in [-0.25, -0.2) is 0 Å². The number of nitrogens with zero attached hydrogens (tertiary/aromatic N) is 1. The van der Waals surface area contributed by atoms with E-state index in [9.17, 15) is 9.90 Å². The van der Waals surface area contributed by atoms with E-state index in [2.05, 4.69) is 0 Å². The summed E-state index contributed by atoms with van der Waals surface area (Å²) < 4.78 is 10.3. The monoisotopic (exact) mass is 265 g/mol. The van der Waals surface area contributed by atoms with Gasteiger partial charge in [0.1, 0.15) is 11.5 Å². The molecule has 0 saturated carbocycles. The Hall–Kier alpha value is -1.75. The van der Waals surface area contributed by atoms with Crippen LogP contribution in [-0.2, 0) is 0 Å². The Morgan fingerprint density at radius 1 is 1.32 bits per heavy atom. The first-order valence-electron chi connectivity index (χ1n) is 6.34. The number of carbonyl (C=O) groups excluding carboxylic acids is 1. The van der Waals surface area contributed by atoms with E-state index in [-0.39, 0.29) is 18.6 Å². The number of likely N-dealkylation sites (tertiary alicyclic amines) is 1. The summed E-state index contributed by atoms with van der Waals surface area (Å²) in [5.74, 6) is 1.08. The molecule has 19 heavy (non-hydrogen) atoms. The average molecular weight is 265 g/mol. The molecule has 1 aromatic rings. The SMILES string of the molecule is COc1cc(OC)cc(C(=O)N2CCC[C@@H]2CO)c1. The number of carbonyl (C=O) groups is 1. The number of aliphatic hydroxyl groups is 1. The zero-order valence-electron chi connectivity index (χ0n) is 11.3. The van der Waals surface area contributed by atoms with Crippen LogP contribution >= 0.6 is 0 Å². The van der Waals surface area contributed by atoms with Gasteiger partial charge in [-0.15, -0.1) is 0 Å². The molecular formula is C14H19NO4. The second-order valence-corrected chi connectivity index (χ2v) is 4.58. The van der Waals surface area contributed by atoms with Crippen LogP contribution < -0.4 is 9.47 Å². The summed E-state index contributed by atoms with van der Waals surface area (Å²) in [4.78, 5) is 14.2. The normalized spacial score (nSPS) is 18.5. The van der Waals surface area contributed by atoms with Crippen LogP contribution in [0, 0.1) is 0 Å². The van der Waals surface area contributed by atoms with Gasteiger partial charge in [0.05, 0.1) is 26.9 Å². The van der Waals surface area contributed by atoms with Gasteiger partial charge in [0.2, 0.25) is 0 Å². The van der Waals surface area contributed by atoms with Gasteiger partial charge in [0, 0.05) is 18.2 Å². The molecule has 0 spiro atoms. The second-order valence-electron chi connectivity index (χ2n) is 4.58. The zero-order valence-corrected chi connectivity index (χ0v) is 11.3. The molecule has 1 saturated heterocycles. The van der Waals surface area contributed by atoms with Gasteiger partial charge >= 0.3 is 0 Å². The number of aliphatic hydroxyl groups excluding tert-OH is 1. The maximum absolute atomic E-state index is 12.5. The molecule has 0 unspecified atom stereocenters. The molecule has 5 heteroatoms. The molecule has 1 heterocycles. The molecule has 1 aromatic carbocycles. The van der Waals surface area contributed by atoms with Crippen molar-refractivity contribution in [3.63, 3.8) is 0 Å². The third-order valence-electron chi connectivity index (χ3n) is 3.45. The summed E-state index contributed by atoms with van der Waals surface area (Å²) in [6, 6.07) is 5.03. The smallest absolute Gasteiger partial charge is 0.254 e. The summed E-state index contributed by atoms with van der Waals surface area (Å²) in [6.07, 6.45) is 1.78. The Bertz CT molecular complexity index is 439. The van der Waals surface area contributed by atoms with E-state index in [1.165, 1.54) is 0 Å². The maximum atomic E-state index is 12.5. The van der Waals surface area contributed by atoms with Crippen molar-refractivity contribution in [2.45, 2.75) is 18.9 Å². The largest absolute Gasteiger partial charge is 0.497 e. The highest BCUT2D eigenvalue weighted by Gasteiger charge is 2.29. The van der Waals surface area contributed by atoms with Crippen LogP contribution in [0.1, 0.15) is 23.2 Å². The van der Waals surface area contributed by atoms with Crippen molar-refractivity contribution in [3.05, 3.63) is 23.8 Å². The van der Waals surface area contributed by atoms with E-state index in [0.717, 1.165) is 12.8 Å². The summed E-state index contributed by atoms with van der Waals surface area (Å²) in [5.41, 5.74) is 0.525. The lowest BCUT2D eigenvalue weighted by molar-refractivity contribution is 0.0677. The predicted octanol–water partition coefficient (Wildman–Crippen LogP) is 1.30. The van der Waals surface area contributed by atoms with E-state index in [1.54, 1.807) is 37.3 Å². The van der Waals surface area contributed by atoms with Gasteiger partial charge in [-0.05, 0) is 25.0 Å². The van der Waals surface area contributed by atoms with Gasteiger partial charge in [-0.3, -0.25) is 4.79 Å². The van der Waals surface area contributed by atoms with Gasteiger partial charge < -0.3 is 19.5 Å². The molecule has 1 fully saturated rings. The number of benzene rings is 1. The van der Waals surface area contributed by atoms with Gasteiger partial charge in [-0.2, -0.15) is 0 Å². The van der Waals surface area contributed by atoms with Crippen molar-refractivity contribution in [2.75, 3.05) is 27.4 Å². The first-order valence-corrected chi connectivity index (χ1v) is 6.34. The van der Waals surface area contributed by atoms with Crippen molar-refractivity contribution >= 4 is 5.91 Å². The van der Waals surface area contributed by atoms with Crippen molar-refractivity contribution in [1.29, 1.82) is 0 Å². The van der Waals surface area contributed by atoms with Crippen molar-refractivity contribution in [1.82, 2.24) is 4.90 Å². The van der Waals surface area contributed by atoms with Crippen molar-refractivity contribution in [3.8, 4) is 11.5 Å². The van der Waals surface area contributed by atoms with Crippen molar-refractivity contribution in [2.24, 2.45) is 0 Å². The molecule has 1 amide bonds. The summed E-state index contributed by atoms with van der Waals surface area (Å²) in [7, 11) is 3.10. The number of hydrogen-bond acceptors (Lipinski definition) is 4. The minimum atomic E-state index is -0.0891. The van der Waals surface area contributed by atoms with Crippen LogP contribution in [0.3, 0.4) is 0 Å². The molecule has 0 bridgehead atoms. The van der Waals surface area contributed by atoms with E-state index in [1.807, 2.05) is 0 Å². The van der Waals surface area contributed by atoms with E-state index < -0.39 is 0 Å². The maximum Gasteiger partial charge on any atom is 0.254 e. The number of rotatable bonds is 4. The first kappa shape index (κ1) is 13.7. The molecule has 1 aliphatic heterocycles. The van der Waals surface area contributed by atoms with Crippen LogP contribution in [0.4, 0.5) is 0 Å². The third kappa shape index (κ3) is 2.81. The topological polar surface area (TPSA) is 59.0 Å². The van der Waals surface area contributed by atoms with E-state index >= 15 is 0 Å². The fourth-order valence-electron chi connectivity index (χ4n) is 2.39. The highest BCUT2D eigenvalue weighted by Crippen LogP contribution is 2.26. The molecule has 0 aromatic heterocycles. The van der Waals surface area contributed by atoms with Gasteiger partial charge in [0.25, 0.3) is 5.91 Å².